The molecule has 4 aliphatic heterocycles. The molecule has 0 aliphatic carbocycles. The van der Waals surface area contributed by atoms with Gasteiger partial charge >= 0.3 is 0 Å². The summed E-state index contributed by atoms with van der Waals surface area (Å²) in [7, 11) is 0. The van der Waals surface area contributed by atoms with Crippen molar-refractivity contribution in [3.05, 3.63) is 0 Å². The minimum Gasteiger partial charge on any atom is -0.290 e. The van der Waals surface area contributed by atoms with Crippen molar-refractivity contribution in [2.75, 3.05) is 32.8 Å². The second kappa shape index (κ2) is 2.05. The Hall–Kier alpha value is -0.0800. The fourth-order valence-corrected chi connectivity index (χ4v) is 3.30. The summed E-state index contributed by atoms with van der Waals surface area (Å²) >= 11 is 0. The summed E-state index contributed by atoms with van der Waals surface area (Å²) in [6.07, 6.45) is 0. The van der Waals surface area contributed by atoms with Gasteiger partial charge < -0.3 is 0 Å². The van der Waals surface area contributed by atoms with E-state index in [1.165, 1.54) is 32.8 Å². The first-order chi connectivity index (χ1) is 5.66. The molecule has 4 fully saturated rings. The maximum atomic E-state index is 2.63. The molecule has 0 spiro atoms. The molecule has 68 valence electrons. The largest absolute Gasteiger partial charge is 0.290 e. The molecule has 2 heteroatoms. The molecule has 4 bridgehead atoms. The van der Waals surface area contributed by atoms with Gasteiger partial charge in [-0.25, -0.2) is 0 Å². The van der Waals surface area contributed by atoms with Crippen LogP contribution in [0, 0.1) is 17.3 Å². The van der Waals surface area contributed by atoms with Crippen molar-refractivity contribution in [2.45, 2.75) is 13.8 Å². The van der Waals surface area contributed by atoms with Crippen LogP contribution in [0.4, 0.5) is 0 Å². The van der Waals surface area contributed by atoms with Crippen molar-refractivity contribution in [3.8, 4) is 0 Å². The number of hydrogen-bond acceptors (Lipinski definition) is 2. The Morgan fingerprint density at radius 2 is 1.33 bits per heavy atom. The number of nitrogens with zero attached hydrogens (tertiary/aromatic N) is 2. The first kappa shape index (κ1) is 7.34. The molecular weight excluding hydrogens is 148 g/mol. The molecule has 0 amide bonds. The highest BCUT2D eigenvalue weighted by molar-refractivity contribution is 5.02. The highest BCUT2D eigenvalue weighted by Crippen LogP contribution is 2.46. The molecule has 0 saturated carbocycles. The third-order valence-corrected chi connectivity index (χ3v) is 4.42. The standard InChI is InChI=1S/C10H18N2/c1-10(2)8-3-11-5-9(10)6-12(4-8)7-11/h8-9H,3-7H2,1-2H3. The van der Waals surface area contributed by atoms with Gasteiger partial charge in [-0.05, 0) is 17.3 Å². The molecule has 0 N–H and O–H groups in total. The quantitative estimate of drug-likeness (QED) is 0.526. The van der Waals surface area contributed by atoms with Crippen LogP contribution in [-0.2, 0) is 0 Å². The Labute approximate surface area is 74.5 Å². The van der Waals surface area contributed by atoms with Gasteiger partial charge in [-0.2, -0.15) is 0 Å². The Balaban J connectivity index is 1.96. The van der Waals surface area contributed by atoms with Gasteiger partial charge in [0.2, 0.25) is 0 Å². The maximum Gasteiger partial charge on any atom is 0.0506 e. The summed E-state index contributed by atoms with van der Waals surface area (Å²) in [6, 6.07) is 0. The van der Waals surface area contributed by atoms with Crippen molar-refractivity contribution in [2.24, 2.45) is 17.3 Å². The predicted molar refractivity (Wildman–Crippen MR) is 48.8 cm³/mol. The van der Waals surface area contributed by atoms with E-state index in [1.807, 2.05) is 0 Å². The van der Waals surface area contributed by atoms with Crippen LogP contribution in [0.5, 0.6) is 0 Å². The van der Waals surface area contributed by atoms with Crippen LogP contribution in [0.2, 0.25) is 0 Å². The van der Waals surface area contributed by atoms with Gasteiger partial charge in [0.1, 0.15) is 0 Å². The normalized spacial score (nSPS) is 54.5. The Morgan fingerprint density at radius 1 is 0.917 bits per heavy atom. The van der Waals surface area contributed by atoms with E-state index in [9.17, 15) is 0 Å². The fraction of sp³-hybridized carbons (Fsp3) is 1.00. The van der Waals surface area contributed by atoms with Crippen LogP contribution in [0.15, 0.2) is 0 Å². The van der Waals surface area contributed by atoms with Crippen LogP contribution in [0.1, 0.15) is 13.8 Å². The molecule has 0 aromatic carbocycles. The molecule has 4 saturated heterocycles. The van der Waals surface area contributed by atoms with Crippen molar-refractivity contribution in [1.82, 2.24) is 9.80 Å². The lowest BCUT2D eigenvalue weighted by atomic mass is 9.63. The van der Waals surface area contributed by atoms with Gasteiger partial charge in [0, 0.05) is 26.2 Å². The van der Waals surface area contributed by atoms with E-state index in [4.69, 9.17) is 0 Å². The van der Waals surface area contributed by atoms with E-state index in [1.54, 1.807) is 0 Å². The van der Waals surface area contributed by atoms with Gasteiger partial charge in [-0.15, -0.1) is 0 Å². The van der Waals surface area contributed by atoms with E-state index in [2.05, 4.69) is 23.6 Å². The molecule has 2 nitrogen and oxygen atoms in total. The van der Waals surface area contributed by atoms with Crippen molar-refractivity contribution in [3.63, 3.8) is 0 Å². The highest BCUT2D eigenvalue weighted by Gasteiger charge is 2.50. The first-order valence-corrected chi connectivity index (χ1v) is 5.11. The molecule has 4 aliphatic rings. The van der Waals surface area contributed by atoms with Gasteiger partial charge in [0.05, 0.1) is 6.67 Å². The zero-order valence-electron chi connectivity index (χ0n) is 8.08. The summed E-state index contributed by atoms with van der Waals surface area (Å²) in [5.74, 6) is 1.89. The average Bonchev–Trinajstić information content (AvgIpc) is 1.99. The van der Waals surface area contributed by atoms with Crippen molar-refractivity contribution >= 4 is 0 Å². The summed E-state index contributed by atoms with van der Waals surface area (Å²) < 4.78 is 0. The third-order valence-electron chi connectivity index (χ3n) is 4.42. The van der Waals surface area contributed by atoms with Crippen LogP contribution in [0.25, 0.3) is 0 Å². The van der Waals surface area contributed by atoms with Crippen LogP contribution in [0.3, 0.4) is 0 Å². The Bertz CT molecular complexity index is 180. The summed E-state index contributed by atoms with van der Waals surface area (Å²) in [5.41, 5.74) is 0.618. The molecule has 12 heavy (non-hydrogen) atoms. The molecule has 0 unspecified atom stereocenters. The van der Waals surface area contributed by atoms with E-state index in [0.29, 0.717) is 5.41 Å². The molecule has 0 atom stereocenters. The predicted octanol–water partition coefficient (Wildman–Crippen LogP) is 0.847. The molecular formula is C10H18N2. The minimum atomic E-state index is 0.618. The third kappa shape index (κ3) is 0.775. The van der Waals surface area contributed by atoms with E-state index in [0.717, 1.165) is 11.8 Å². The zero-order chi connectivity index (χ0) is 8.34. The fourth-order valence-electron chi connectivity index (χ4n) is 3.30. The van der Waals surface area contributed by atoms with E-state index >= 15 is 0 Å². The molecule has 4 heterocycles. The molecule has 0 aromatic heterocycles. The molecule has 0 radical (unpaired) electrons. The average molecular weight is 166 g/mol. The number of piperidine rings is 2. The van der Waals surface area contributed by atoms with Crippen molar-refractivity contribution in [1.29, 1.82) is 0 Å². The Morgan fingerprint density at radius 3 is 1.75 bits per heavy atom. The maximum absolute atomic E-state index is 2.63. The molecule has 4 rings (SSSR count). The lowest BCUT2D eigenvalue weighted by Crippen LogP contribution is -2.68. The lowest BCUT2D eigenvalue weighted by Gasteiger charge is -2.61. The zero-order valence-corrected chi connectivity index (χ0v) is 8.08. The topological polar surface area (TPSA) is 6.48 Å². The number of hydrogen-bond donors (Lipinski definition) is 0. The van der Waals surface area contributed by atoms with Crippen LogP contribution in [-0.4, -0.2) is 42.6 Å². The van der Waals surface area contributed by atoms with E-state index < -0.39 is 0 Å². The minimum absolute atomic E-state index is 0.618. The van der Waals surface area contributed by atoms with Crippen LogP contribution < -0.4 is 0 Å². The summed E-state index contributed by atoms with van der Waals surface area (Å²) in [4.78, 5) is 5.27. The lowest BCUT2D eigenvalue weighted by molar-refractivity contribution is -0.143. The second-order valence-electron chi connectivity index (χ2n) is 5.43. The van der Waals surface area contributed by atoms with Gasteiger partial charge in [0.15, 0.2) is 0 Å². The van der Waals surface area contributed by atoms with E-state index in [-0.39, 0.29) is 0 Å². The molecule has 0 aromatic rings. The van der Waals surface area contributed by atoms with Crippen LogP contribution >= 0.6 is 0 Å². The second-order valence-corrected chi connectivity index (χ2v) is 5.43. The summed E-state index contributed by atoms with van der Waals surface area (Å²) in [5, 5.41) is 0. The SMILES string of the molecule is CC1(C)C2CN3CC1CN(C2)C3. The monoisotopic (exact) mass is 166 g/mol. The number of rotatable bonds is 0. The first-order valence-electron chi connectivity index (χ1n) is 5.11. The van der Waals surface area contributed by atoms with Gasteiger partial charge in [0.25, 0.3) is 0 Å². The smallest absolute Gasteiger partial charge is 0.0506 e. The van der Waals surface area contributed by atoms with Gasteiger partial charge in [-0.3, -0.25) is 9.80 Å². The van der Waals surface area contributed by atoms with Gasteiger partial charge in [-0.1, -0.05) is 13.8 Å². The highest BCUT2D eigenvalue weighted by atomic mass is 15.4. The van der Waals surface area contributed by atoms with Crippen molar-refractivity contribution < 1.29 is 0 Å². The Kier molecular flexibility index (Phi) is 1.25. The summed E-state index contributed by atoms with van der Waals surface area (Å²) in [6.45, 7) is 11.6.